The molecule has 0 heterocycles. The SMILES string of the molecule is CC(C)(N)C(CP(C1CCCCC1)C1CCCCC1)CP(C1CCCCC1)C1CCCCC1. The maximum absolute atomic E-state index is 7.12. The Balaban J connectivity index is 1.52. The Labute approximate surface area is 210 Å². The van der Waals surface area contributed by atoms with Gasteiger partial charge in [0.25, 0.3) is 0 Å². The number of rotatable bonds is 9. The fourth-order valence-corrected chi connectivity index (χ4v) is 16.8. The second-order valence-electron chi connectivity index (χ2n) is 13.1. The Hall–Kier alpha value is 0.820. The van der Waals surface area contributed by atoms with Gasteiger partial charge in [0, 0.05) is 5.54 Å². The van der Waals surface area contributed by atoms with Gasteiger partial charge >= 0.3 is 0 Å². The highest BCUT2D eigenvalue weighted by Crippen LogP contribution is 2.61. The zero-order valence-corrected chi connectivity index (χ0v) is 24.2. The van der Waals surface area contributed by atoms with E-state index in [0.29, 0.717) is 0 Å². The molecule has 0 aromatic rings. The standard InChI is InChI=1S/C30H57NP2/c1-30(2,31)25(23-32(26-15-7-3-8-16-26)27-17-9-4-10-18-27)24-33(28-19-11-5-12-20-28)29-21-13-6-14-22-29/h25-29H,3-24,31H2,1-2H3. The normalized spacial score (nSPS) is 26.0. The lowest BCUT2D eigenvalue weighted by atomic mass is 9.92. The van der Waals surface area contributed by atoms with Gasteiger partial charge in [0.2, 0.25) is 0 Å². The van der Waals surface area contributed by atoms with Crippen LogP contribution in [0.2, 0.25) is 0 Å². The Morgan fingerprint density at radius 1 is 0.515 bits per heavy atom. The molecule has 0 radical (unpaired) electrons. The zero-order chi connectivity index (χ0) is 23.1. The molecule has 4 fully saturated rings. The summed E-state index contributed by atoms with van der Waals surface area (Å²) in [4.78, 5) is 0. The number of nitrogens with two attached hydrogens (primary N) is 1. The largest absolute Gasteiger partial charge is 0.325 e. The highest BCUT2D eigenvalue weighted by molar-refractivity contribution is 7.60. The fraction of sp³-hybridized carbons (Fsp3) is 1.00. The minimum atomic E-state index is 0.00777. The molecule has 2 N–H and O–H groups in total. The molecule has 0 aliphatic heterocycles. The predicted octanol–water partition coefficient (Wildman–Crippen LogP) is 9.63. The summed E-state index contributed by atoms with van der Waals surface area (Å²) < 4.78 is 0. The van der Waals surface area contributed by atoms with Gasteiger partial charge < -0.3 is 5.73 Å². The van der Waals surface area contributed by atoms with Crippen molar-refractivity contribution < 1.29 is 0 Å². The van der Waals surface area contributed by atoms with E-state index in [0.717, 1.165) is 28.6 Å². The summed E-state index contributed by atoms with van der Waals surface area (Å²) in [6.45, 7) is 4.84. The lowest BCUT2D eigenvalue weighted by molar-refractivity contribution is 0.374. The van der Waals surface area contributed by atoms with Crippen molar-refractivity contribution in [3.8, 4) is 0 Å². The first-order chi connectivity index (χ1) is 16.0. The molecule has 0 bridgehead atoms. The van der Waals surface area contributed by atoms with Crippen molar-refractivity contribution in [2.24, 2.45) is 11.7 Å². The molecule has 0 atom stereocenters. The van der Waals surface area contributed by atoms with Crippen molar-refractivity contribution in [1.82, 2.24) is 0 Å². The van der Waals surface area contributed by atoms with Gasteiger partial charge in [-0.3, -0.25) is 0 Å². The van der Waals surface area contributed by atoms with Crippen molar-refractivity contribution in [2.45, 2.75) is 170 Å². The van der Waals surface area contributed by atoms with Crippen LogP contribution < -0.4 is 5.73 Å². The molecule has 0 aromatic carbocycles. The molecular formula is C30H57NP2. The Bertz CT molecular complexity index is 456. The zero-order valence-electron chi connectivity index (χ0n) is 22.4. The molecule has 0 spiro atoms. The molecule has 0 aromatic heterocycles. The van der Waals surface area contributed by atoms with E-state index in [1.807, 2.05) is 0 Å². The van der Waals surface area contributed by atoms with Gasteiger partial charge in [0.15, 0.2) is 0 Å². The van der Waals surface area contributed by atoms with Gasteiger partial charge in [-0.25, -0.2) is 0 Å². The van der Waals surface area contributed by atoms with E-state index < -0.39 is 0 Å². The van der Waals surface area contributed by atoms with Crippen molar-refractivity contribution in [3.05, 3.63) is 0 Å². The first kappa shape index (κ1) is 26.9. The highest BCUT2D eigenvalue weighted by atomic mass is 31.1. The van der Waals surface area contributed by atoms with Crippen molar-refractivity contribution in [3.63, 3.8) is 0 Å². The third-order valence-corrected chi connectivity index (χ3v) is 17.6. The lowest BCUT2D eigenvalue weighted by Crippen LogP contribution is -2.46. The van der Waals surface area contributed by atoms with E-state index in [1.165, 1.54) is 89.4 Å². The Morgan fingerprint density at radius 2 is 0.758 bits per heavy atom. The fourth-order valence-electron chi connectivity index (χ4n) is 7.88. The summed E-state index contributed by atoms with van der Waals surface area (Å²) in [5, 5.41) is 0. The summed E-state index contributed by atoms with van der Waals surface area (Å²) in [6.07, 6.45) is 33.7. The summed E-state index contributed by atoms with van der Waals surface area (Å²) in [7, 11) is 0.329. The molecule has 33 heavy (non-hydrogen) atoms. The Morgan fingerprint density at radius 3 is 0.970 bits per heavy atom. The van der Waals surface area contributed by atoms with Crippen LogP contribution in [0.3, 0.4) is 0 Å². The lowest BCUT2D eigenvalue weighted by Gasteiger charge is -2.46. The van der Waals surface area contributed by atoms with Crippen molar-refractivity contribution in [2.75, 3.05) is 12.3 Å². The van der Waals surface area contributed by atoms with Crippen molar-refractivity contribution >= 4 is 15.8 Å². The maximum atomic E-state index is 7.12. The van der Waals surface area contributed by atoms with Gasteiger partial charge in [-0.05, 0) is 106 Å². The van der Waals surface area contributed by atoms with E-state index >= 15 is 0 Å². The van der Waals surface area contributed by atoms with Crippen LogP contribution >= 0.6 is 15.8 Å². The van der Waals surface area contributed by atoms with E-state index in [4.69, 9.17) is 5.73 Å². The topological polar surface area (TPSA) is 26.0 Å². The average Bonchev–Trinajstić information content (AvgIpc) is 2.85. The highest BCUT2D eigenvalue weighted by Gasteiger charge is 2.40. The van der Waals surface area contributed by atoms with Gasteiger partial charge in [-0.2, -0.15) is 0 Å². The van der Waals surface area contributed by atoms with E-state index in [9.17, 15) is 0 Å². The van der Waals surface area contributed by atoms with Gasteiger partial charge in [-0.1, -0.05) is 92.9 Å². The van der Waals surface area contributed by atoms with Crippen LogP contribution in [0.25, 0.3) is 0 Å². The first-order valence-corrected chi connectivity index (χ1v) is 18.7. The average molecular weight is 494 g/mol. The third-order valence-electron chi connectivity index (χ3n) is 10.1. The molecule has 3 heteroatoms. The molecule has 1 nitrogen and oxygen atoms in total. The molecule has 4 saturated carbocycles. The summed E-state index contributed by atoms with van der Waals surface area (Å²) in [6, 6.07) is 0. The Kier molecular flexibility index (Phi) is 10.9. The second kappa shape index (κ2) is 13.4. The van der Waals surface area contributed by atoms with Crippen LogP contribution in [0, 0.1) is 5.92 Å². The van der Waals surface area contributed by atoms with Gasteiger partial charge in [-0.15, -0.1) is 0 Å². The molecule has 0 amide bonds. The van der Waals surface area contributed by atoms with Crippen LogP contribution in [-0.2, 0) is 0 Å². The van der Waals surface area contributed by atoms with Crippen LogP contribution in [0.15, 0.2) is 0 Å². The van der Waals surface area contributed by atoms with E-state index in [1.54, 1.807) is 51.4 Å². The van der Waals surface area contributed by atoms with Crippen LogP contribution in [0.1, 0.15) is 142 Å². The molecule has 0 unspecified atom stereocenters. The molecular weight excluding hydrogens is 436 g/mol. The van der Waals surface area contributed by atoms with Gasteiger partial charge in [0.05, 0.1) is 0 Å². The smallest absolute Gasteiger partial charge is 0.0132 e. The summed E-state index contributed by atoms with van der Waals surface area (Å²) in [5.41, 5.74) is 11.4. The minimum absolute atomic E-state index is 0.00777. The molecule has 192 valence electrons. The van der Waals surface area contributed by atoms with Crippen LogP contribution in [0.5, 0.6) is 0 Å². The summed E-state index contributed by atoms with van der Waals surface area (Å²) in [5.74, 6) is 0.780. The van der Waals surface area contributed by atoms with Gasteiger partial charge in [0.1, 0.15) is 0 Å². The first-order valence-electron chi connectivity index (χ1n) is 15.3. The number of hydrogen-bond donors (Lipinski definition) is 1. The molecule has 4 rings (SSSR count). The molecule has 4 aliphatic rings. The van der Waals surface area contributed by atoms with Crippen molar-refractivity contribution in [1.29, 1.82) is 0 Å². The van der Waals surface area contributed by atoms with E-state index in [-0.39, 0.29) is 21.4 Å². The maximum Gasteiger partial charge on any atom is 0.0132 e. The quantitative estimate of drug-likeness (QED) is 0.318. The van der Waals surface area contributed by atoms with E-state index in [2.05, 4.69) is 13.8 Å². The monoisotopic (exact) mass is 493 g/mol. The third kappa shape index (κ3) is 7.90. The number of hydrogen-bond acceptors (Lipinski definition) is 1. The molecule has 4 aliphatic carbocycles. The second-order valence-corrected chi connectivity index (χ2v) is 18.8. The molecule has 0 saturated heterocycles. The minimum Gasteiger partial charge on any atom is -0.325 e. The van der Waals surface area contributed by atoms with Crippen LogP contribution in [-0.4, -0.2) is 40.5 Å². The summed E-state index contributed by atoms with van der Waals surface area (Å²) >= 11 is 0. The van der Waals surface area contributed by atoms with Crippen LogP contribution in [0.4, 0.5) is 0 Å². The predicted molar refractivity (Wildman–Crippen MR) is 153 cm³/mol.